The average Bonchev–Trinajstić information content (AvgIpc) is 2.49. The van der Waals surface area contributed by atoms with Crippen molar-refractivity contribution in [2.24, 2.45) is 5.41 Å². The van der Waals surface area contributed by atoms with Crippen molar-refractivity contribution < 1.29 is 14.7 Å². The Hall–Kier alpha value is -2.04. The van der Waals surface area contributed by atoms with Crippen LogP contribution in [0.5, 0.6) is 0 Å². The summed E-state index contributed by atoms with van der Waals surface area (Å²) in [6.45, 7) is 2.86. The molecule has 5 heteroatoms. The first-order chi connectivity index (χ1) is 11.0. The monoisotopic (exact) mass is 318 g/mol. The predicted octanol–water partition coefficient (Wildman–Crippen LogP) is 2.95. The highest BCUT2D eigenvalue weighted by Gasteiger charge is 2.32. The van der Waals surface area contributed by atoms with Crippen molar-refractivity contribution in [2.45, 2.75) is 51.5 Å². The summed E-state index contributed by atoms with van der Waals surface area (Å²) in [7, 11) is 0. The van der Waals surface area contributed by atoms with E-state index in [9.17, 15) is 9.59 Å². The molecule has 0 heterocycles. The minimum absolute atomic E-state index is 0.0511. The molecule has 23 heavy (non-hydrogen) atoms. The molecule has 3 N–H and O–H groups in total. The van der Waals surface area contributed by atoms with Gasteiger partial charge in [0.15, 0.2) is 0 Å². The molecule has 1 saturated carbocycles. The Kier molecular flexibility index (Phi) is 6.02. The molecule has 1 aromatic rings. The topological polar surface area (TPSA) is 78.4 Å². The van der Waals surface area contributed by atoms with Crippen molar-refractivity contribution in [2.75, 3.05) is 6.54 Å². The summed E-state index contributed by atoms with van der Waals surface area (Å²) >= 11 is 0. The first-order valence-electron chi connectivity index (χ1n) is 8.27. The zero-order valence-electron chi connectivity index (χ0n) is 13.7. The summed E-state index contributed by atoms with van der Waals surface area (Å²) in [5.74, 6) is -0.841. The highest BCUT2D eigenvalue weighted by molar-refractivity contribution is 5.74. The van der Waals surface area contributed by atoms with E-state index in [0.29, 0.717) is 19.4 Å². The number of carboxylic acids is 1. The Labute approximate surface area is 137 Å². The number of hydrogen-bond donors (Lipinski definition) is 3. The molecule has 1 atom stereocenters. The van der Waals surface area contributed by atoms with Crippen LogP contribution >= 0.6 is 0 Å². The van der Waals surface area contributed by atoms with Gasteiger partial charge in [0.05, 0.1) is 0 Å². The fourth-order valence-electron chi connectivity index (χ4n) is 2.91. The molecule has 1 unspecified atom stereocenters. The third-order valence-electron chi connectivity index (χ3n) is 4.60. The van der Waals surface area contributed by atoms with E-state index in [1.54, 1.807) is 0 Å². The number of carbonyl (C=O) groups is 2. The number of hydrogen-bond acceptors (Lipinski definition) is 2. The minimum Gasteiger partial charge on any atom is -0.481 e. The summed E-state index contributed by atoms with van der Waals surface area (Å²) in [5.41, 5.74) is 1.32. The molecule has 1 aliphatic rings. The lowest BCUT2D eigenvalue weighted by molar-refractivity contribution is -0.137. The number of aliphatic carboxylic acids is 1. The Bertz CT molecular complexity index is 526. The van der Waals surface area contributed by atoms with Gasteiger partial charge in [-0.3, -0.25) is 4.79 Å². The molecule has 126 valence electrons. The van der Waals surface area contributed by atoms with E-state index >= 15 is 0 Å². The zero-order valence-corrected chi connectivity index (χ0v) is 13.7. The molecule has 5 nitrogen and oxygen atoms in total. The van der Waals surface area contributed by atoms with Gasteiger partial charge >= 0.3 is 12.0 Å². The standard InChI is InChI=1S/C18H26N2O3/c1-18(10-5-11-18)13-19-17(23)20-15(8-9-16(21)22)12-14-6-3-2-4-7-14/h2-4,6-7,15H,5,8-13H2,1H3,(H,21,22)(H2,19,20,23). The van der Waals surface area contributed by atoms with Gasteiger partial charge in [-0.05, 0) is 36.7 Å². The molecule has 0 aliphatic heterocycles. The lowest BCUT2D eigenvalue weighted by Gasteiger charge is -2.38. The summed E-state index contributed by atoms with van der Waals surface area (Å²) in [6, 6.07) is 9.43. The van der Waals surface area contributed by atoms with Gasteiger partial charge in [0.25, 0.3) is 0 Å². The van der Waals surface area contributed by atoms with Gasteiger partial charge in [0.2, 0.25) is 0 Å². The minimum atomic E-state index is -0.841. The maximum absolute atomic E-state index is 12.1. The molecular weight excluding hydrogens is 292 g/mol. The van der Waals surface area contributed by atoms with E-state index in [1.807, 2.05) is 30.3 Å². The van der Waals surface area contributed by atoms with Gasteiger partial charge in [0, 0.05) is 19.0 Å². The van der Waals surface area contributed by atoms with E-state index in [4.69, 9.17) is 5.11 Å². The Morgan fingerprint density at radius 1 is 1.26 bits per heavy atom. The Balaban J connectivity index is 1.85. The third kappa shape index (κ3) is 5.93. The molecule has 1 fully saturated rings. The molecule has 0 aromatic heterocycles. The number of carbonyl (C=O) groups excluding carboxylic acids is 1. The fraction of sp³-hybridized carbons (Fsp3) is 0.556. The van der Waals surface area contributed by atoms with Gasteiger partial charge in [-0.25, -0.2) is 4.79 Å². The smallest absolute Gasteiger partial charge is 0.315 e. The van der Waals surface area contributed by atoms with Gasteiger partial charge in [-0.2, -0.15) is 0 Å². The van der Waals surface area contributed by atoms with Crippen LogP contribution in [0, 0.1) is 5.41 Å². The highest BCUT2D eigenvalue weighted by atomic mass is 16.4. The number of rotatable bonds is 8. The number of amides is 2. The van der Waals surface area contributed by atoms with Crippen LogP contribution in [-0.2, 0) is 11.2 Å². The second-order valence-corrected chi connectivity index (χ2v) is 6.81. The summed E-state index contributed by atoms with van der Waals surface area (Å²) in [5, 5.41) is 14.7. The van der Waals surface area contributed by atoms with Crippen LogP contribution in [0.1, 0.15) is 44.6 Å². The second-order valence-electron chi connectivity index (χ2n) is 6.81. The first kappa shape index (κ1) is 17.3. The number of carboxylic acid groups (broad SMARTS) is 1. The predicted molar refractivity (Wildman–Crippen MR) is 89.3 cm³/mol. The van der Waals surface area contributed by atoms with Crippen molar-refractivity contribution in [1.29, 1.82) is 0 Å². The zero-order chi connectivity index (χ0) is 16.7. The van der Waals surface area contributed by atoms with Crippen LogP contribution < -0.4 is 10.6 Å². The van der Waals surface area contributed by atoms with Crippen molar-refractivity contribution >= 4 is 12.0 Å². The summed E-state index contributed by atoms with van der Waals surface area (Å²) in [4.78, 5) is 22.9. The van der Waals surface area contributed by atoms with E-state index in [-0.39, 0.29) is 23.9 Å². The van der Waals surface area contributed by atoms with E-state index in [2.05, 4.69) is 17.6 Å². The van der Waals surface area contributed by atoms with Crippen LogP contribution in [0.15, 0.2) is 30.3 Å². The van der Waals surface area contributed by atoms with Crippen LogP contribution in [0.25, 0.3) is 0 Å². The molecule has 0 bridgehead atoms. The normalized spacial score (nSPS) is 16.9. The molecule has 1 aliphatic carbocycles. The Morgan fingerprint density at radius 2 is 1.96 bits per heavy atom. The van der Waals surface area contributed by atoms with Crippen molar-refractivity contribution in [3.05, 3.63) is 35.9 Å². The molecule has 2 amide bonds. The second kappa shape index (κ2) is 7.99. The molecule has 0 saturated heterocycles. The van der Waals surface area contributed by atoms with Crippen LogP contribution in [0.4, 0.5) is 4.79 Å². The van der Waals surface area contributed by atoms with Crippen molar-refractivity contribution in [1.82, 2.24) is 10.6 Å². The largest absolute Gasteiger partial charge is 0.481 e. The lowest BCUT2D eigenvalue weighted by atomic mass is 9.70. The van der Waals surface area contributed by atoms with Gasteiger partial charge in [-0.1, -0.05) is 43.7 Å². The lowest BCUT2D eigenvalue weighted by Crippen LogP contribution is -2.47. The van der Waals surface area contributed by atoms with Crippen molar-refractivity contribution in [3.8, 4) is 0 Å². The fourth-order valence-corrected chi connectivity index (χ4v) is 2.91. The quantitative estimate of drug-likeness (QED) is 0.689. The van der Waals surface area contributed by atoms with E-state index < -0.39 is 5.97 Å². The molecule has 1 aromatic carbocycles. The van der Waals surface area contributed by atoms with Crippen LogP contribution in [0.2, 0.25) is 0 Å². The van der Waals surface area contributed by atoms with Crippen molar-refractivity contribution in [3.63, 3.8) is 0 Å². The SMILES string of the molecule is CC1(CNC(=O)NC(CCC(=O)O)Cc2ccccc2)CCC1. The number of nitrogens with one attached hydrogen (secondary N) is 2. The first-order valence-corrected chi connectivity index (χ1v) is 8.27. The van der Waals surface area contributed by atoms with Gasteiger partial charge in [0.1, 0.15) is 0 Å². The van der Waals surface area contributed by atoms with Crippen LogP contribution in [-0.4, -0.2) is 29.7 Å². The van der Waals surface area contributed by atoms with Gasteiger partial charge in [-0.15, -0.1) is 0 Å². The highest BCUT2D eigenvalue weighted by Crippen LogP contribution is 2.39. The maximum atomic E-state index is 12.1. The third-order valence-corrected chi connectivity index (χ3v) is 4.60. The maximum Gasteiger partial charge on any atom is 0.315 e. The number of benzene rings is 1. The van der Waals surface area contributed by atoms with Gasteiger partial charge < -0.3 is 15.7 Å². The number of urea groups is 1. The molecule has 0 radical (unpaired) electrons. The summed E-state index contributed by atoms with van der Waals surface area (Å²) in [6.07, 6.45) is 4.65. The summed E-state index contributed by atoms with van der Waals surface area (Å²) < 4.78 is 0. The van der Waals surface area contributed by atoms with E-state index in [1.165, 1.54) is 6.42 Å². The van der Waals surface area contributed by atoms with E-state index in [0.717, 1.165) is 18.4 Å². The van der Waals surface area contributed by atoms with Crippen LogP contribution in [0.3, 0.4) is 0 Å². The molecule has 2 rings (SSSR count). The average molecular weight is 318 g/mol. The Morgan fingerprint density at radius 3 is 2.52 bits per heavy atom. The molecular formula is C18H26N2O3. The molecule has 0 spiro atoms.